The highest BCUT2D eigenvalue weighted by molar-refractivity contribution is 5.85. The number of halogens is 2. The lowest BCUT2D eigenvalue weighted by molar-refractivity contribution is -0.126. The summed E-state index contributed by atoms with van der Waals surface area (Å²) < 4.78 is 0. The highest BCUT2D eigenvalue weighted by Crippen LogP contribution is 2.18. The van der Waals surface area contributed by atoms with E-state index < -0.39 is 0 Å². The molecule has 1 heterocycles. The number of amides is 1. The molecule has 0 bridgehead atoms. The van der Waals surface area contributed by atoms with E-state index >= 15 is 0 Å². The molecular weight excluding hydrogens is 297 g/mol. The van der Waals surface area contributed by atoms with Crippen molar-refractivity contribution < 1.29 is 4.79 Å². The van der Waals surface area contributed by atoms with E-state index in [0.717, 1.165) is 52.0 Å². The quantitative estimate of drug-likeness (QED) is 0.703. The van der Waals surface area contributed by atoms with Gasteiger partial charge in [0.15, 0.2) is 0 Å². The molecule has 0 aliphatic carbocycles. The van der Waals surface area contributed by atoms with Crippen molar-refractivity contribution in [3.05, 3.63) is 0 Å². The van der Waals surface area contributed by atoms with Crippen LogP contribution in [-0.4, -0.2) is 49.6 Å². The molecule has 122 valence electrons. The van der Waals surface area contributed by atoms with Gasteiger partial charge in [0.1, 0.15) is 0 Å². The molecule has 0 unspecified atom stereocenters. The lowest BCUT2D eigenvalue weighted by Gasteiger charge is -2.33. The van der Waals surface area contributed by atoms with Gasteiger partial charge in [0.2, 0.25) is 5.91 Å². The zero-order valence-electron chi connectivity index (χ0n) is 13.0. The number of hydrogen-bond donors (Lipinski definition) is 2. The lowest BCUT2D eigenvalue weighted by Crippen LogP contribution is -2.44. The zero-order valence-corrected chi connectivity index (χ0v) is 14.6. The second-order valence-electron chi connectivity index (χ2n) is 5.45. The predicted molar refractivity (Wildman–Crippen MR) is 90.1 cm³/mol. The third kappa shape index (κ3) is 8.30. The maximum absolute atomic E-state index is 11.9. The maximum atomic E-state index is 11.9. The minimum absolute atomic E-state index is 0. The number of nitrogens with one attached hydrogen (secondary N) is 2. The van der Waals surface area contributed by atoms with E-state index in [9.17, 15) is 4.79 Å². The minimum atomic E-state index is 0. The van der Waals surface area contributed by atoms with Crippen LogP contribution in [0.4, 0.5) is 0 Å². The van der Waals surface area contributed by atoms with Crippen molar-refractivity contribution in [1.29, 1.82) is 0 Å². The zero-order chi connectivity index (χ0) is 13.4. The first-order chi connectivity index (χ1) is 8.65. The fourth-order valence-electron chi connectivity index (χ4n) is 2.40. The molecule has 0 saturated carbocycles. The van der Waals surface area contributed by atoms with E-state index in [1.165, 1.54) is 0 Å². The van der Waals surface area contributed by atoms with Gasteiger partial charge in [0.25, 0.3) is 0 Å². The SMILES string of the molecule is CCCNCCNC(=O)C1CCN(C(C)C)CC1.Cl.Cl. The summed E-state index contributed by atoms with van der Waals surface area (Å²) in [5.74, 6) is 0.475. The first kappa shape index (κ1) is 22.3. The fraction of sp³-hybridized carbons (Fsp3) is 0.929. The molecule has 0 spiro atoms. The third-order valence-electron chi connectivity index (χ3n) is 3.66. The summed E-state index contributed by atoms with van der Waals surface area (Å²) in [5.41, 5.74) is 0. The Labute approximate surface area is 136 Å². The molecule has 1 rings (SSSR count). The van der Waals surface area contributed by atoms with Crippen LogP contribution in [0.25, 0.3) is 0 Å². The number of piperidine rings is 1. The summed E-state index contributed by atoms with van der Waals surface area (Å²) >= 11 is 0. The Morgan fingerprint density at radius 2 is 1.75 bits per heavy atom. The minimum Gasteiger partial charge on any atom is -0.355 e. The summed E-state index contributed by atoms with van der Waals surface area (Å²) in [5, 5.41) is 6.33. The molecule has 0 atom stereocenters. The molecule has 0 radical (unpaired) electrons. The van der Waals surface area contributed by atoms with Crippen molar-refractivity contribution in [2.45, 2.75) is 46.1 Å². The number of rotatable bonds is 7. The molecule has 1 aliphatic heterocycles. The van der Waals surface area contributed by atoms with Gasteiger partial charge in [-0.05, 0) is 52.7 Å². The predicted octanol–water partition coefficient (Wildman–Crippen LogP) is 2.07. The van der Waals surface area contributed by atoms with Crippen LogP contribution in [0, 0.1) is 5.92 Å². The summed E-state index contributed by atoms with van der Waals surface area (Å²) in [6.07, 6.45) is 3.15. The topological polar surface area (TPSA) is 44.4 Å². The normalized spacial score (nSPS) is 16.4. The van der Waals surface area contributed by atoms with Crippen molar-refractivity contribution in [1.82, 2.24) is 15.5 Å². The van der Waals surface area contributed by atoms with Crippen LogP contribution in [0.3, 0.4) is 0 Å². The van der Waals surface area contributed by atoms with Crippen LogP contribution in [0.5, 0.6) is 0 Å². The van der Waals surface area contributed by atoms with Crippen molar-refractivity contribution in [2.24, 2.45) is 5.92 Å². The molecule has 20 heavy (non-hydrogen) atoms. The largest absolute Gasteiger partial charge is 0.355 e. The van der Waals surface area contributed by atoms with E-state index in [-0.39, 0.29) is 36.6 Å². The Morgan fingerprint density at radius 3 is 2.25 bits per heavy atom. The Morgan fingerprint density at radius 1 is 1.15 bits per heavy atom. The third-order valence-corrected chi connectivity index (χ3v) is 3.66. The van der Waals surface area contributed by atoms with Crippen LogP contribution in [0.2, 0.25) is 0 Å². The average molecular weight is 328 g/mol. The van der Waals surface area contributed by atoms with Gasteiger partial charge in [0.05, 0.1) is 0 Å². The Hall–Kier alpha value is -0.0300. The Bertz CT molecular complexity index is 245. The van der Waals surface area contributed by atoms with Gasteiger partial charge < -0.3 is 15.5 Å². The summed E-state index contributed by atoms with van der Waals surface area (Å²) in [4.78, 5) is 14.4. The first-order valence-corrected chi connectivity index (χ1v) is 7.37. The number of carbonyl (C=O) groups excluding carboxylic acids is 1. The maximum Gasteiger partial charge on any atom is 0.223 e. The number of carbonyl (C=O) groups is 1. The Balaban J connectivity index is 0. The first-order valence-electron chi connectivity index (χ1n) is 7.37. The Kier molecular flexibility index (Phi) is 14.1. The van der Waals surface area contributed by atoms with Crippen molar-refractivity contribution in [3.8, 4) is 0 Å². The van der Waals surface area contributed by atoms with Crippen molar-refractivity contribution in [3.63, 3.8) is 0 Å². The van der Waals surface area contributed by atoms with E-state index in [1.807, 2.05) is 0 Å². The highest BCUT2D eigenvalue weighted by Gasteiger charge is 2.25. The molecule has 6 heteroatoms. The van der Waals surface area contributed by atoms with Gasteiger partial charge in [-0.15, -0.1) is 24.8 Å². The molecule has 1 fully saturated rings. The summed E-state index contributed by atoms with van der Waals surface area (Å²) in [6.45, 7) is 11.4. The molecule has 0 aromatic heterocycles. The second-order valence-corrected chi connectivity index (χ2v) is 5.45. The highest BCUT2D eigenvalue weighted by atomic mass is 35.5. The van der Waals surface area contributed by atoms with Crippen LogP contribution >= 0.6 is 24.8 Å². The average Bonchev–Trinajstić information content (AvgIpc) is 2.38. The van der Waals surface area contributed by atoms with Crippen molar-refractivity contribution in [2.75, 3.05) is 32.7 Å². The van der Waals surface area contributed by atoms with Gasteiger partial charge in [-0.25, -0.2) is 0 Å². The second kappa shape index (κ2) is 12.7. The molecule has 4 nitrogen and oxygen atoms in total. The van der Waals surface area contributed by atoms with Gasteiger partial charge in [0, 0.05) is 25.0 Å². The molecular formula is C14H31Cl2N3O. The lowest BCUT2D eigenvalue weighted by atomic mass is 9.95. The number of likely N-dealkylation sites (tertiary alicyclic amines) is 1. The molecule has 1 aliphatic rings. The molecule has 0 aromatic carbocycles. The van der Waals surface area contributed by atoms with E-state index in [2.05, 4.69) is 36.3 Å². The summed E-state index contributed by atoms with van der Waals surface area (Å²) in [6, 6.07) is 0.604. The monoisotopic (exact) mass is 327 g/mol. The smallest absolute Gasteiger partial charge is 0.223 e. The van der Waals surface area contributed by atoms with Gasteiger partial charge in [-0.1, -0.05) is 6.92 Å². The number of hydrogen-bond acceptors (Lipinski definition) is 3. The number of nitrogens with zero attached hydrogens (tertiary/aromatic N) is 1. The van der Waals surface area contributed by atoms with Gasteiger partial charge in [-0.2, -0.15) is 0 Å². The van der Waals surface area contributed by atoms with Crippen LogP contribution in [-0.2, 0) is 4.79 Å². The van der Waals surface area contributed by atoms with Crippen molar-refractivity contribution >= 4 is 30.7 Å². The summed E-state index contributed by atoms with van der Waals surface area (Å²) in [7, 11) is 0. The van der Waals surface area contributed by atoms with Crippen LogP contribution in [0.1, 0.15) is 40.0 Å². The fourth-order valence-corrected chi connectivity index (χ4v) is 2.40. The van der Waals surface area contributed by atoms with E-state index in [4.69, 9.17) is 0 Å². The molecule has 1 amide bonds. The van der Waals surface area contributed by atoms with Gasteiger partial charge >= 0.3 is 0 Å². The molecule has 2 N–H and O–H groups in total. The van der Waals surface area contributed by atoms with E-state index in [0.29, 0.717) is 6.04 Å². The molecule has 0 aromatic rings. The van der Waals surface area contributed by atoms with Crippen LogP contribution in [0.15, 0.2) is 0 Å². The van der Waals surface area contributed by atoms with E-state index in [1.54, 1.807) is 0 Å². The van der Waals surface area contributed by atoms with Crippen LogP contribution < -0.4 is 10.6 Å². The van der Waals surface area contributed by atoms with Gasteiger partial charge in [-0.3, -0.25) is 4.79 Å². The molecule has 1 saturated heterocycles. The standard InChI is InChI=1S/C14H29N3O.2ClH/c1-4-7-15-8-9-16-14(18)13-5-10-17(11-6-13)12(2)3;;/h12-13,15H,4-11H2,1-3H3,(H,16,18);2*1H.